The molecule has 0 bridgehead atoms. The minimum absolute atomic E-state index is 0.0212. The van der Waals surface area contributed by atoms with Gasteiger partial charge in [-0.2, -0.15) is 0 Å². The Labute approximate surface area is 144 Å². The van der Waals surface area contributed by atoms with Crippen LogP contribution in [0, 0.1) is 5.92 Å². The second-order valence-corrected chi connectivity index (χ2v) is 7.45. The molecule has 0 radical (unpaired) electrons. The monoisotopic (exact) mass is 324 g/mol. The van der Waals surface area contributed by atoms with Crippen LogP contribution in [0.1, 0.15) is 116 Å². The van der Waals surface area contributed by atoms with Crippen LogP contribution in [0.2, 0.25) is 0 Å². The maximum Gasteiger partial charge on any atom is 0.305 e. The molecule has 0 saturated heterocycles. The summed E-state index contributed by atoms with van der Waals surface area (Å²) in [5.74, 6) is 0.970. The first-order valence-electron chi connectivity index (χ1n) is 10.5. The van der Waals surface area contributed by atoms with Crippen molar-refractivity contribution in [3.63, 3.8) is 0 Å². The second kappa shape index (κ2) is 15.0. The number of unbranched alkanes of at least 4 members (excludes halogenated alkanes) is 11. The van der Waals surface area contributed by atoms with E-state index in [9.17, 15) is 4.79 Å². The molecule has 0 spiro atoms. The van der Waals surface area contributed by atoms with Crippen molar-refractivity contribution < 1.29 is 9.53 Å². The number of ether oxygens (including phenoxy) is 1. The Kier molecular flexibility index (Phi) is 13.4. The number of esters is 1. The predicted octanol–water partition coefficient (Wildman–Crippen LogP) is 6.81. The Morgan fingerprint density at radius 2 is 1.30 bits per heavy atom. The summed E-state index contributed by atoms with van der Waals surface area (Å²) in [6, 6.07) is 0. The minimum atomic E-state index is 0.0212. The van der Waals surface area contributed by atoms with E-state index in [0.29, 0.717) is 13.0 Å². The van der Waals surface area contributed by atoms with Crippen molar-refractivity contribution >= 4 is 5.97 Å². The molecule has 2 nitrogen and oxygen atoms in total. The third kappa shape index (κ3) is 14.8. The van der Waals surface area contributed by atoms with Crippen molar-refractivity contribution in [2.75, 3.05) is 6.61 Å². The van der Waals surface area contributed by atoms with Crippen LogP contribution in [0.4, 0.5) is 0 Å². The summed E-state index contributed by atoms with van der Waals surface area (Å²) in [7, 11) is 0. The van der Waals surface area contributed by atoms with Gasteiger partial charge in [-0.05, 0) is 25.2 Å². The van der Waals surface area contributed by atoms with E-state index in [4.69, 9.17) is 4.74 Å². The number of hydrogen-bond donors (Lipinski definition) is 0. The highest BCUT2D eigenvalue weighted by Gasteiger charge is 2.20. The molecule has 0 N–H and O–H groups in total. The molecule has 0 amide bonds. The molecule has 0 atom stereocenters. The van der Waals surface area contributed by atoms with E-state index in [2.05, 4.69) is 6.92 Å². The fourth-order valence-corrected chi connectivity index (χ4v) is 3.15. The first kappa shape index (κ1) is 20.5. The zero-order chi connectivity index (χ0) is 16.6. The zero-order valence-corrected chi connectivity index (χ0v) is 15.6. The van der Waals surface area contributed by atoms with Crippen molar-refractivity contribution in [1.29, 1.82) is 0 Å². The fourth-order valence-electron chi connectivity index (χ4n) is 3.15. The largest absolute Gasteiger partial charge is 0.466 e. The Bertz CT molecular complexity index is 271. The molecule has 0 aliphatic heterocycles. The molecule has 1 fully saturated rings. The van der Waals surface area contributed by atoms with Crippen molar-refractivity contribution in [2.45, 2.75) is 116 Å². The summed E-state index contributed by atoms with van der Waals surface area (Å²) in [6.07, 6.45) is 21.8. The van der Waals surface area contributed by atoms with Gasteiger partial charge in [0.2, 0.25) is 0 Å². The van der Waals surface area contributed by atoms with Crippen LogP contribution in [-0.2, 0) is 9.53 Å². The number of hydrogen-bond acceptors (Lipinski definition) is 2. The maximum atomic E-state index is 11.6. The van der Waals surface area contributed by atoms with Crippen molar-refractivity contribution in [3.05, 3.63) is 0 Å². The van der Waals surface area contributed by atoms with Crippen LogP contribution < -0.4 is 0 Å². The Balaban J connectivity index is 1.69. The summed E-state index contributed by atoms with van der Waals surface area (Å²) in [5.41, 5.74) is 0. The molecule has 136 valence electrons. The number of carbonyl (C=O) groups excluding carboxylic acids is 1. The van der Waals surface area contributed by atoms with Gasteiger partial charge in [-0.15, -0.1) is 0 Å². The first-order chi connectivity index (χ1) is 11.3. The number of carbonyl (C=O) groups is 1. The van der Waals surface area contributed by atoms with E-state index < -0.39 is 0 Å². The van der Waals surface area contributed by atoms with E-state index >= 15 is 0 Å². The molecule has 1 saturated carbocycles. The molecular weight excluding hydrogens is 284 g/mol. The smallest absolute Gasteiger partial charge is 0.305 e. The van der Waals surface area contributed by atoms with Gasteiger partial charge in [-0.25, -0.2) is 0 Å². The van der Waals surface area contributed by atoms with Gasteiger partial charge in [0.05, 0.1) is 6.61 Å². The third-order valence-electron chi connectivity index (χ3n) is 4.95. The first-order valence-corrected chi connectivity index (χ1v) is 10.5. The molecule has 2 heteroatoms. The zero-order valence-electron chi connectivity index (χ0n) is 15.6. The van der Waals surface area contributed by atoms with Gasteiger partial charge < -0.3 is 4.74 Å². The number of rotatable bonds is 17. The van der Waals surface area contributed by atoms with Gasteiger partial charge in [0.1, 0.15) is 0 Å². The standard InChI is InChI=1S/C21H40O2/c1-2-3-4-5-6-7-8-9-10-11-12-13-16-21(22)23-19-14-15-20-17-18-20/h20H,2-19H2,1H3. The van der Waals surface area contributed by atoms with Gasteiger partial charge >= 0.3 is 5.97 Å². The van der Waals surface area contributed by atoms with Crippen LogP contribution >= 0.6 is 0 Å². The van der Waals surface area contributed by atoms with Crippen LogP contribution in [0.5, 0.6) is 0 Å². The fraction of sp³-hybridized carbons (Fsp3) is 0.952. The topological polar surface area (TPSA) is 26.3 Å². The minimum Gasteiger partial charge on any atom is -0.466 e. The van der Waals surface area contributed by atoms with Gasteiger partial charge in [0.15, 0.2) is 0 Å². The lowest BCUT2D eigenvalue weighted by Crippen LogP contribution is -2.05. The summed E-state index contributed by atoms with van der Waals surface area (Å²) < 4.78 is 5.28. The summed E-state index contributed by atoms with van der Waals surface area (Å²) in [5, 5.41) is 0. The average molecular weight is 325 g/mol. The summed E-state index contributed by atoms with van der Waals surface area (Å²) in [6.45, 7) is 2.92. The van der Waals surface area contributed by atoms with E-state index in [1.807, 2.05) is 0 Å². The Morgan fingerprint density at radius 3 is 1.83 bits per heavy atom. The van der Waals surface area contributed by atoms with E-state index in [1.54, 1.807) is 0 Å². The molecule has 1 aliphatic carbocycles. The van der Waals surface area contributed by atoms with E-state index in [-0.39, 0.29) is 5.97 Å². The normalized spacial score (nSPS) is 14.1. The average Bonchev–Trinajstić information content (AvgIpc) is 3.37. The van der Waals surface area contributed by atoms with Crippen LogP contribution in [-0.4, -0.2) is 12.6 Å². The van der Waals surface area contributed by atoms with Gasteiger partial charge in [0, 0.05) is 6.42 Å². The quantitative estimate of drug-likeness (QED) is 0.217. The lowest BCUT2D eigenvalue weighted by Gasteiger charge is -2.05. The van der Waals surface area contributed by atoms with Crippen molar-refractivity contribution in [2.24, 2.45) is 5.92 Å². The van der Waals surface area contributed by atoms with Crippen LogP contribution in [0.25, 0.3) is 0 Å². The maximum absolute atomic E-state index is 11.6. The molecule has 0 aromatic carbocycles. The highest BCUT2D eigenvalue weighted by molar-refractivity contribution is 5.69. The molecule has 0 heterocycles. The summed E-state index contributed by atoms with van der Waals surface area (Å²) >= 11 is 0. The molecule has 0 aromatic rings. The highest BCUT2D eigenvalue weighted by Crippen LogP contribution is 2.33. The van der Waals surface area contributed by atoms with E-state index in [1.165, 1.54) is 89.9 Å². The Hall–Kier alpha value is -0.530. The summed E-state index contributed by atoms with van der Waals surface area (Å²) in [4.78, 5) is 11.6. The molecular formula is C21H40O2. The van der Waals surface area contributed by atoms with Crippen LogP contribution in [0.3, 0.4) is 0 Å². The van der Waals surface area contributed by atoms with E-state index in [0.717, 1.165) is 18.8 Å². The second-order valence-electron chi connectivity index (χ2n) is 7.45. The molecule has 23 heavy (non-hydrogen) atoms. The molecule has 1 rings (SSSR count). The van der Waals surface area contributed by atoms with Crippen LogP contribution in [0.15, 0.2) is 0 Å². The molecule has 1 aliphatic rings. The third-order valence-corrected chi connectivity index (χ3v) is 4.95. The van der Waals surface area contributed by atoms with Gasteiger partial charge in [-0.3, -0.25) is 4.79 Å². The van der Waals surface area contributed by atoms with Crippen molar-refractivity contribution in [3.8, 4) is 0 Å². The molecule has 0 aromatic heterocycles. The van der Waals surface area contributed by atoms with Gasteiger partial charge in [0.25, 0.3) is 0 Å². The van der Waals surface area contributed by atoms with Gasteiger partial charge in [-0.1, -0.05) is 90.4 Å². The Morgan fingerprint density at radius 1 is 0.783 bits per heavy atom. The lowest BCUT2D eigenvalue weighted by molar-refractivity contribution is -0.143. The lowest BCUT2D eigenvalue weighted by atomic mass is 10.0. The van der Waals surface area contributed by atoms with Crippen molar-refractivity contribution in [1.82, 2.24) is 0 Å². The highest BCUT2D eigenvalue weighted by atomic mass is 16.5. The molecule has 0 unspecified atom stereocenters. The predicted molar refractivity (Wildman–Crippen MR) is 98.6 cm³/mol. The SMILES string of the molecule is CCCCCCCCCCCCCCC(=O)OCCCC1CC1.